The number of fused-ring (bicyclic) bond motifs is 1. The quantitative estimate of drug-likeness (QED) is 0.783. The van der Waals surface area contributed by atoms with Gasteiger partial charge < -0.3 is 14.0 Å². The van der Waals surface area contributed by atoms with Crippen LogP contribution in [0.1, 0.15) is 23.0 Å². The fourth-order valence-electron chi connectivity index (χ4n) is 2.23. The van der Waals surface area contributed by atoms with Crippen LogP contribution in [0.5, 0.6) is 5.75 Å². The number of hydrogen-bond donors (Lipinski definition) is 0. The van der Waals surface area contributed by atoms with Crippen molar-refractivity contribution in [2.45, 2.75) is 20.4 Å². The van der Waals surface area contributed by atoms with E-state index in [1.54, 1.807) is 7.11 Å². The molecule has 1 heterocycles. The third kappa shape index (κ3) is 1.83. The van der Waals surface area contributed by atoms with E-state index in [1.165, 1.54) is 7.11 Å². The summed E-state index contributed by atoms with van der Waals surface area (Å²) in [5.74, 6) is 0.511. The maximum atomic E-state index is 11.7. The predicted octanol–water partition coefficient (Wildman–Crippen LogP) is 2.76. The summed E-state index contributed by atoms with van der Waals surface area (Å²) in [4.78, 5) is 11.7. The number of hydrogen-bond acceptors (Lipinski definition) is 3. The number of carbonyl (C=O) groups is 1. The van der Waals surface area contributed by atoms with Gasteiger partial charge in [0.2, 0.25) is 0 Å². The summed E-state index contributed by atoms with van der Waals surface area (Å²) in [7, 11) is 3.04. The summed E-state index contributed by atoms with van der Waals surface area (Å²) >= 11 is 0. The zero-order valence-corrected chi connectivity index (χ0v) is 11.1. The first kappa shape index (κ1) is 12.5. The Labute approximate surface area is 106 Å². The lowest BCUT2D eigenvalue weighted by Crippen LogP contribution is -2.09. The smallest absolute Gasteiger partial charge is 0.354 e. The molecule has 0 radical (unpaired) electrons. The summed E-state index contributed by atoms with van der Waals surface area (Å²) in [6.45, 7) is 4.72. The van der Waals surface area contributed by atoms with Crippen molar-refractivity contribution in [3.63, 3.8) is 0 Å². The van der Waals surface area contributed by atoms with Crippen molar-refractivity contribution in [2.24, 2.45) is 0 Å². The van der Waals surface area contributed by atoms with Crippen LogP contribution in [-0.2, 0) is 11.3 Å². The van der Waals surface area contributed by atoms with Crippen LogP contribution in [0.3, 0.4) is 0 Å². The molecule has 1 aromatic heterocycles. The van der Waals surface area contributed by atoms with Crippen LogP contribution in [0.4, 0.5) is 0 Å². The Morgan fingerprint density at radius 1 is 1.28 bits per heavy atom. The molecule has 0 unspecified atom stereocenters. The molecule has 0 amide bonds. The van der Waals surface area contributed by atoms with E-state index in [1.807, 2.05) is 36.6 Å². The maximum absolute atomic E-state index is 11.7. The average Bonchev–Trinajstić information content (AvgIpc) is 2.74. The second kappa shape index (κ2) is 4.72. The lowest BCUT2D eigenvalue weighted by atomic mass is 10.1. The number of nitrogens with zero attached hydrogens (tertiary/aromatic N) is 1. The topological polar surface area (TPSA) is 40.5 Å². The van der Waals surface area contributed by atoms with Gasteiger partial charge in [-0.2, -0.15) is 0 Å². The highest BCUT2D eigenvalue weighted by Crippen LogP contribution is 2.28. The van der Waals surface area contributed by atoms with Crippen molar-refractivity contribution in [3.05, 3.63) is 29.5 Å². The molecule has 0 fully saturated rings. The van der Waals surface area contributed by atoms with Gasteiger partial charge in [-0.05, 0) is 37.6 Å². The van der Waals surface area contributed by atoms with E-state index >= 15 is 0 Å². The van der Waals surface area contributed by atoms with Crippen LogP contribution in [0.2, 0.25) is 0 Å². The van der Waals surface area contributed by atoms with Gasteiger partial charge in [-0.15, -0.1) is 0 Å². The van der Waals surface area contributed by atoms with Gasteiger partial charge in [0.05, 0.1) is 14.2 Å². The Kier molecular flexibility index (Phi) is 3.28. The van der Waals surface area contributed by atoms with Gasteiger partial charge in [0.25, 0.3) is 0 Å². The predicted molar refractivity (Wildman–Crippen MR) is 70.2 cm³/mol. The SMILES string of the molecule is CCn1c(C(=O)OC)cc2cc(OC)c(C)cc21. The lowest BCUT2D eigenvalue weighted by molar-refractivity contribution is 0.0589. The molecule has 4 heteroatoms. The van der Waals surface area contributed by atoms with Gasteiger partial charge in [0.15, 0.2) is 0 Å². The molecule has 18 heavy (non-hydrogen) atoms. The Balaban J connectivity index is 2.72. The number of benzene rings is 1. The maximum Gasteiger partial charge on any atom is 0.354 e. The first-order valence-electron chi connectivity index (χ1n) is 5.88. The average molecular weight is 247 g/mol. The molecule has 1 aromatic carbocycles. The molecule has 96 valence electrons. The highest BCUT2D eigenvalue weighted by molar-refractivity contribution is 5.96. The first-order chi connectivity index (χ1) is 8.62. The lowest BCUT2D eigenvalue weighted by Gasteiger charge is -2.08. The van der Waals surface area contributed by atoms with E-state index in [4.69, 9.17) is 9.47 Å². The minimum atomic E-state index is -0.315. The molecular weight excluding hydrogens is 230 g/mol. The van der Waals surface area contributed by atoms with Crippen molar-refractivity contribution >= 4 is 16.9 Å². The molecule has 0 bridgehead atoms. The van der Waals surface area contributed by atoms with Gasteiger partial charge in [-0.3, -0.25) is 0 Å². The number of aromatic nitrogens is 1. The van der Waals surface area contributed by atoms with Crippen molar-refractivity contribution in [1.82, 2.24) is 4.57 Å². The van der Waals surface area contributed by atoms with Gasteiger partial charge in [-0.1, -0.05) is 0 Å². The van der Waals surface area contributed by atoms with Gasteiger partial charge >= 0.3 is 5.97 Å². The Morgan fingerprint density at radius 2 is 2.00 bits per heavy atom. The molecule has 0 N–H and O–H groups in total. The fraction of sp³-hybridized carbons (Fsp3) is 0.357. The van der Waals surface area contributed by atoms with Gasteiger partial charge in [-0.25, -0.2) is 4.79 Å². The summed E-state index contributed by atoms with van der Waals surface area (Å²) in [6, 6.07) is 5.82. The first-order valence-corrected chi connectivity index (χ1v) is 5.88. The molecule has 2 rings (SSSR count). The Hall–Kier alpha value is -1.97. The van der Waals surface area contributed by atoms with Crippen LogP contribution >= 0.6 is 0 Å². The number of aryl methyl sites for hydroxylation is 2. The molecule has 0 saturated heterocycles. The van der Waals surface area contributed by atoms with E-state index in [0.29, 0.717) is 5.69 Å². The van der Waals surface area contributed by atoms with Crippen LogP contribution in [0.25, 0.3) is 10.9 Å². The van der Waals surface area contributed by atoms with E-state index in [0.717, 1.165) is 28.8 Å². The van der Waals surface area contributed by atoms with Crippen LogP contribution in [0.15, 0.2) is 18.2 Å². The van der Waals surface area contributed by atoms with E-state index in [2.05, 4.69) is 0 Å². The van der Waals surface area contributed by atoms with Crippen LogP contribution in [0, 0.1) is 6.92 Å². The number of carbonyl (C=O) groups excluding carboxylic acids is 1. The molecule has 0 aliphatic rings. The molecule has 0 spiro atoms. The summed E-state index contributed by atoms with van der Waals surface area (Å²) < 4.78 is 12.1. The zero-order chi connectivity index (χ0) is 13.3. The molecule has 0 atom stereocenters. The van der Waals surface area contributed by atoms with Crippen molar-refractivity contribution in [3.8, 4) is 5.75 Å². The third-order valence-electron chi connectivity index (χ3n) is 3.13. The number of esters is 1. The summed E-state index contributed by atoms with van der Waals surface area (Å²) in [6.07, 6.45) is 0. The minimum absolute atomic E-state index is 0.315. The largest absolute Gasteiger partial charge is 0.496 e. The zero-order valence-electron chi connectivity index (χ0n) is 11.1. The molecule has 0 saturated carbocycles. The van der Waals surface area contributed by atoms with Crippen LogP contribution < -0.4 is 4.74 Å². The number of methoxy groups -OCH3 is 2. The molecule has 4 nitrogen and oxygen atoms in total. The van der Waals surface area contributed by atoms with E-state index in [9.17, 15) is 4.79 Å². The van der Waals surface area contributed by atoms with E-state index in [-0.39, 0.29) is 5.97 Å². The van der Waals surface area contributed by atoms with Gasteiger partial charge in [0, 0.05) is 17.4 Å². The Bertz CT molecular complexity index is 599. The van der Waals surface area contributed by atoms with Gasteiger partial charge in [0.1, 0.15) is 11.4 Å². The minimum Gasteiger partial charge on any atom is -0.496 e. The molecule has 0 aliphatic carbocycles. The highest BCUT2D eigenvalue weighted by atomic mass is 16.5. The summed E-state index contributed by atoms with van der Waals surface area (Å²) in [5.41, 5.74) is 2.65. The monoisotopic (exact) mass is 247 g/mol. The van der Waals surface area contributed by atoms with E-state index < -0.39 is 0 Å². The van der Waals surface area contributed by atoms with Crippen molar-refractivity contribution < 1.29 is 14.3 Å². The third-order valence-corrected chi connectivity index (χ3v) is 3.13. The number of ether oxygens (including phenoxy) is 2. The van der Waals surface area contributed by atoms with Crippen molar-refractivity contribution in [1.29, 1.82) is 0 Å². The second-order valence-electron chi connectivity index (χ2n) is 4.15. The highest BCUT2D eigenvalue weighted by Gasteiger charge is 2.16. The standard InChI is InChI=1S/C14H17NO3/c1-5-15-11-6-9(2)13(17-3)8-10(11)7-12(15)14(16)18-4/h6-8H,5H2,1-4H3. The fourth-order valence-corrected chi connectivity index (χ4v) is 2.23. The molecular formula is C14H17NO3. The molecule has 2 aromatic rings. The Morgan fingerprint density at radius 3 is 2.56 bits per heavy atom. The van der Waals surface area contributed by atoms with Crippen molar-refractivity contribution in [2.75, 3.05) is 14.2 Å². The van der Waals surface area contributed by atoms with Crippen LogP contribution in [-0.4, -0.2) is 24.8 Å². The molecule has 0 aliphatic heterocycles. The normalized spacial score (nSPS) is 10.7. The second-order valence-corrected chi connectivity index (χ2v) is 4.15. The summed E-state index contributed by atoms with van der Waals surface area (Å²) in [5, 5.41) is 0.986. The number of rotatable bonds is 3.